The van der Waals surface area contributed by atoms with E-state index in [-0.39, 0.29) is 5.75 Å². The van der Waals surface area contributed by atoms with E-state index in [2.05, 4.69) is 6.07 Å². The number of halogens is 1. The average molecular weight is 234 g/mol. The number of nitrogens with zero attached hydrogens (tertiary/aromatic N) is 1. The van der Waals surface area contributed by atoms with E-state index in [0.29, 0.717) is 12.2 Å². The Hall–Kier alpha value is -1.60. The molecule has 1 atom stereocenters. The molecule has 0 amide bonds. The number of hydrogen-bond donors (Lipinski definition) is 1. The maximum atomic E-state index is 13.6. The predicted octanol–water partition coefficient (Wildman–Crippen LogP) is 2.53. The molecule has 4 heteroatoms. The van der Waals surface area contributed by atoms with Crippen LogP contribution >= 0.6 is 0 Å². The second-order valence-electron chi connectivity index (χ2n) is 4.37. The largest absolute Gasteiger partial charge is 0.491 e. The smallest absolute Gasteiger partial charge is 0.165 e. The van der Waals surface area contributed by atoms with Gasteiger partial charge in [0.25, 0.3) is 0 Å². The van der Waals surface area contributed by atoms with Gasteiger partial charge in [-0.2, -0.15) is 5.26 Å². The minimum absolute atomic E-state index is 0.227. The summed E-state index contributed by atoms with van der Waals surface area (Å²) < 4.78 is 18.8. The lowest BCUT2D eigenvalue weighted by molar-refractivity contribution is 0.321. The molecule has 0 heterocycles. The molecule has 0 spiro atoms. The van der Waals surface area contributed by atoms with E-state index >= 15 is 0 Å². The van der Waals surface area contributed by atoms with E-state index in [9.17, 15) is 4.39 Å². The van der Waals surface area contributed by atoms with Crippen LogP contribution in [0.25, 0.3) is 0 Å². The molecule has 0 bridgehead atoms. The minimum atomic E-state index is -0.487. The fourth-order valence-corrected chi connectivity index (χ4v) is 1.93. The van der Waals surface area contributed by atoms with Crippen LogP contribution in [0.1, 0.15) is 31.4 Å². The third kappa shape index (κ3) is 2.11. The molecular formula is C13H15FN2O. The Bertz CT molecular complexity index is 463. The third-order valence-electron chi connectivity index (χ3n) is 3.22. The first-order valence-corrected chi connectivity index (χ1v) is 5.72. The highest BCUT2D eigenvalue weighted by molar-refractivity contribution is 5.34. The Balaban J connectivity index is 2.23. The predicted molar refractivity (Wildman–Crippen MR) is 61.8 cm³/mol. The van der Waals surface area contributed by atoms with Gasteiger partial charge in [0.05, 0.1) is 18.1 Å². The summed E-state index contributed by atoms with van der Waals surface area (Å²) in [6.45, 7) is 2.22. The van der Waals surface area contributed by atoms with Crippen molar-refractivity contribution >= 4 is 0 Å². The van der Waals surface area contributed by atoms with Crippen molar-refractivity contribution in [2.75, 3.05) is 6.61 Å². The van der Waals surface area contributed by atoms with Crippen LogP contribution in [0.2, 0.25) is 0 Å². The van der Waals surface area contributed by atoms with Crippen LogP contribution in [-0.2, 0) is 0 Å². The number of rotatable bonds is 4. The molecule has 2 N–H and O–H groups in total. The Kier molecular flexibility index (Phi) is 3.03. The second kappa shape index (κ2) is 4.34. The Morgan fingerprint density at radius 2 is 2.29 bits per heavy atom. The lowest BCUT2D eigenvalue weighted by atomic mass is 9.92. The van der Waals surface area contributed by atoms with E-state index < -0.39 is 17.3 Å². The molecule has 1 aromatic rings. The molecule has 1 aromatic carbocycles. The topological polar surface area (TPSA) is 59.0 Å². The van der Waals surface area contributed by atoms with Crippen molar-refractivity contribution in [3.8, 4) is 11.8 Å². The summed E-state index contributed by atoms with van der Waals surface area (Å²) in [6, 6.07) is 6.48. The highest BCUT2D eigenvalue weighted by Crippen LogP contribution is 2.53. The lowest BCUT2D eigenvalue weighted by Crippen LogP contribution is -2.21. The van der Waals surface area contributed by atoms with Crippen molar-refractivity contribution in [3.05, 3.63) is 29.6 Å². The summed E-state index contributed by atoms with van der Waals surface area (Å²) in [5.74, 6) is -0.196. The summed E-state index contributed by atoms with van der Waals surface area (Å²) in [5, 5.41) is 9.05. The molecule has 3 nitrogen and oxygen atoms in total. The number of ether oxygens (including phenoxy) is 1. The zero-order valence-corrected chi connectivity index (χ0v) is 9.74. The summed E-state index contributed by atoms with van der Waals surface area (Å²) in [5.41, 5.74) is 6.18. The van der Waals surface area contributed by atoms with Crippen LogP contribution in [0.3, 0.4) is 0 Å². The molecule has 1 saturated carbocycles. The molecule has 90 valence electrons. The average Bonchev–Trinajstić information content (AvgIpc) is 3.12. The first-order chi connectivity index (χ1) is 8.13. The maximum absolute atomic E-state index is 13.6. The number of nitriles is 1. The van der Waals surface area contributed by atoms with Crippen molar-refractivity contribution < 1.29 is 9.13 Å². The number of benzene rings is 1. The van der Waals surface area contributed by atoms with Crippen molar-refractivity contribution in [3.63, 3.8) is 0 Å². The van der Waals surface area contributed by atoms with Gasteiger partial charge in [-0.25, -0.2) is 4.39 Å². The zero-order chi connectivity index (χ0) is 12.5. The molecule has 0 radical (unpaired) electrons. The summed E-state index contributed by atoms with van der Waals surface area (Å²) in [4.78, 5) is 0. The van der Waals surface area contributed by atoms with Crippen LogP contribution in [0, 0.1) is 22.6 Å². The summed E-state index contributed by atoms with van der Waals surface area (Å²) in [6.07, 6.45) is 1.58. The van der Waals surface area contributed by atoms with Crippen molar-refractivity contribution in [2.24, 2.45) is 11.1 Å². The van der Waals surface area contributed by atoms with Crippen molar-refractivity contribution in [1.29, 1.82) is 5.26 Å². The van der Waals surface area contributed by atoms with Crippen LogP contribution < -0.4 is 10.5 Å². The van der Waals surface area contributed by atoms with Gasteiger partial charge in [0.1, 0.15) is 0 Å². The molecule has 1 aliphatic rings. The van der Waals surface area contributed by atoms with Gasteiger partial charge >= 0.3 is 0 Å². The van der Waals surface area contributed by atoms with Crippen LogP contribution in [-0.4, -0.2) is 6.61 Å². The van der Waals surface area contributed by atoms with Crippen LogP contribution in [0.15, 0.2) is 18.2 Å². The van der Waals surface area contributed by atoms with E-state index in [1.807, 2.05) is 0 Å². The van der Waals surface area contributed by atoms with Gasteiger partial charge in [-0.1, -0.05) is 6.07 Å². The first kappa shape index (κ1) is 11.9. The molecule has 1 unspecified atom stereocenters. The zero-order valence-electron chi connectivity index (χ0n) is 9.74. The van der Waals surface area contributed by atoms with E-state index in [1.54, 1.807) is 19.1 Å². The molecule has 1 aliphatic carbocycles. The van der Waals surface area contributed by atoms with Crippen molar-refractivity contribution in [1.82, 2.24) is 0 Å². The Morgan fingerprint density at radius 1 is 1.59 bits per heavy atom. The second-order valence-corrected chi connectivity index (χ2v) is 4.37. The fraction of sp³-hybridized carbons (Fsp3) is 0.462. The molecule has 1 fully saturated rings. The molecule has 0 aliphatic heterocycles. The first-order valence-electron chi connectivity index (χ1n) is 5.72. The van der Waals surface area contributed by atoms with Crippen molar-refractivity contribution in [2.45, 2.75) is 25.8 Å². The molecular weight excluding hydrogens is 219 g/mol. The fourth-order valence-electron chi connectivity index (χ4n) is 1.93. The van der Waals surface area contributed by atoms with Gasteiger partial charge in [0.2, 0.25) is 0 Å². The van der Waals surface area contributed by atoms with Gasteiger partial charge in [0.15, 0.2) is 11.6 Å². The van der Waals surface area contributed by atoms with Crippen LogP contribution in [0.5, 0.6) is 5.75 Å². The molecule has 0 saturated heterocycles. The highest BCUT2D eigenvalue weighted by Gasteiger charge is 2.49. The summed E-state index contributed by atoms with van der Waals surface area (Å²) in [7, 11) is 0. The van der Waals surface area contributed by atoms with E-state index in [4.69, 9.17) is 15.7 Å². The lowest BCUT2D eigenvalue weighted by Gasteiger charge is -2.17. The molecule has 0 aromatic heterocycles. The highest BCUT2D eigenvalue weighted by atomic mass is 19.1. The monoisotopic (exact) mass is 234 g/mol. The van der Waals surface area contributed by atoms with Gasteiger partial charge < -0.3 is 10.5 Å². The van der Waals surface area contributed by atoms with E-state index in [1.165, 1.54) is 6.07 Å². The third-order valence-corrected chi connectivity index (χ3v) is 3.22. The standard InChI is InChI=1S/C13H15FN2O/c1-2-17-11-4-3-9(7-10(11)14)12(16)13(8-15)5-6-13/h3-4,7,12H,2,5-6,16H2,1H3. The van der Waals surface area contributed by atoms with E-state index in [0.717, 1.165) is 12.8 Å². The number of hydrogen-bond acceptors (Lipinski definition) is 3. The van der Waals surface area contributed by atoms with Crippen LogP contribution in [0.4, 0.5) is 4.39 Å². The number of nitrogens with two attached hydrogens (primary N) is 1. The maximum Gasteiger partial charge on any atom is 0.165 e. The molecule has 17 heavy (non-hydrogen) atoms. The summed E-state index contributed by atoms with van der Waals surface area (Å²) >= 11 is 0. The van der Waals surface area contributed by atoms with Gasteiger partial charge in [-0.15, -0.1) is 0 Å². The normalized spacial score (nSPS) is 18.2. The Labute approximate surface area is 100.0 Å². The Morgan fingerprint density at radius 3 is 2.76 bits per heavy atom. The van der Waals surface area contributed by atoms with Gasteiger partial charge in [-0.3, -0.25) is 0 Å². The van der Waals surface area contributed by atoms with Gasteiger partial charge in [-0.05, 0) is 37.5 Å². The molecule has 2 rings (SSSR count). The SMILES string of the molecule is CCOc1ccc(C(N)C2(C#N)CC2)cc1F. The minimum Gasteiger partial charge on any atom is -0.491 e. The quantitative estimate of drug-likeness (QED) is 0.870. The van der Waals surface area contributed by atoms with Gasteiger partial charge in [0, 0.05) is 6.04 Å².